The monoisotopic (exact) mass is 695 g/mol. The first-order valence-electron chi connectivity index (χ1n) is 11.6. The second kappa shape index (κ2) is 14.0. The van der Waals surface area contributed by atoms with Crippen molar-refractivity contribution in [2.24, 2.45) is 0 Å². The van der Waals surface area contributed by atoms with E-state index < -0.39 is 113 Å². The Morgan fingerprint density at radius 1 is 0.857 bits per heavy atom. The van der Waals surface area contributed by atoms with Gasteiger partial charge in [0.05, 0.1) is 6.61 Å². The number of carbonyl (C=O) groups is 1. The van der Waals surface area contributed by atoms with E-state index in [4.69, 9.17) is 32.1 Å². The van der Waals surface area contributed by atoms with Crippen LogP contribution in [0, 0.1) is 0 Å². The highest BCUT2D eigenvalue weighted by Gasteiger charge is 2.55. The Kier molecular flexibility index (Phi) is 12.4. The van der Waals surface area contributed by atoms with Gasteiger partial charge >= 0.3 is 37.1 Å². The normalized spacial score (nSPS) is 35.2. The highest BCUT2D eigenvalue weighted by atomic mass is 32.3. The molecule has 0 aromatic carbocycles. The van der Waals surface area contributed by atoms with Gasteiger partial charge in [-0.3, -0.25) is 9.11 Å². The summed E-state index contributed by atoms with van der Waals surface area (Å²) in [5.41, 5.74) is 0. The smallest absolute Gasteiger partial charge is 0.397 e. The Bertz CT molecular complexity index is 1250. The van der Waals surface area contributed by atoms with Crippen molar-refractivity contribution in [3.05, 3.63) is 0 Å². The van der Waals surface area contributed by atoms with E-state index in [-0.39, 0.29) is 0 Å². The van der Waals surface area contributed by atoms with Gasteiger partial charge in [0, 0.05) is 14.2 Å². The zero-order valence-electron chi connectivity index (χ0n) is 22.6. The molecule has 2 heterocycles. The van der Waals surface area contributed by atoms with Crippen LogP contribution in [0.2, 0.25) is 19.6 Å². The number of nitrogens with one attached hydrogen (secondary N) is 1. The first kappa shape index (κ1) is 37.2. The van der Waals surface area contributed by atoms with Crippen LogP contribution in [-0.2, 0) is 71.8 Å². The van der Waals surface area contributed by atoms with Crippen LogP contribution in [0.1, 0.15) is 0 Å². The fourth-order valence-corrected chi connectivity index (χ4v) is 8.22. The van der Waals surface area contributed by atoms with Gasteiger partial charge in [-0.15, -0.1) is 0 Å². The quantitative estimate of drug-likeness (QED) is 0.0753. The molecule has 6 N–H and O–H groups in total. The van der Waals surface area contributed by atoms with E-state index >= 15 is 0 Å². The summed E-state index contributed by atoms with van der Waals surface area (Å²) in [6.07, 6.45) is -18.4. The summed E-state index contributed by atoms with van der Waals surface area (Å²) >= 11 is 0. The van der Waals surface area contributed by atoms with Crippen molar-refractivity contribution in [2.75, 3.05) is 20.8 Å². The average molecular weight is 696 g/mol. The van der Waals surface area contributed by atoms with E-state index in [0.29, 0.717) is 0 Å². The zero-order valence-corrected chi connectivity index (χ0v) is 26.0. The molecule has 0 aromatic rings. The zero-order chi connectivity index (χ0) is 32.4. The van der Waals surface area contributed by atoms with Gasteiger partial charge in [0.1, 0.15) is 36.6 Å². The third-order valence-electron chi connectivity index (χ3n) is 5.49. The summed E-state index contributed by atoms with van der Waals surface area (Å²) in [6.45, 7) is 3.43. The second-order valence-electron chi connectivity index (χ2n) is 9.82. The Morgan fingerprint density at radius 2 is 1.45 bits per heavy atom. The molecule has 0 spiro atoms. The van der Waals surface area contributed by atoms with E-state index in [9.17, 15) is 49.9 Å². The predicted octanol–water partition coefficient (Wildman–Crippen LogP) is -3.65. The molecule has 2 aliphatic rings. The molecule has 2 rings (SSSR count). The largest absolute Gasteiger partial charge is 0.479 e. The molecular formula is C17H33NO20S3Si. The maximum Gasteiger partial charge on any atom is 0.397 e. The minimum Gasteiger partial charge on any atom is -0.479 e. The maximum absolute atomic E-state index is 12.6. The van der Waals surface area contributed by atoms with E-state index in [0.717, 1.165) is 14.2 Å². The van der Waals surface area contributed by atoms with Crippen LogP contribution in [-0.4, -0.2) is 146 Å². The van der Waals surface area contributed by atoms with Crippen LogP contribution in [0.15, 0.2) is 0 Å². The number of hydrogen-bond acceptors (Lipinski definition) is 17. The van der Waals surface area contributed by atoms with Gasteiger partial charge in [0.2, 0.25) is 8.32 Å². The van der Waals surface area contributed by atoms with Crippen LogP contribution in [0.3, 0.4) is 0 Å². The molecule has 2 fully saturated rings. The topological polar surface area (TPSA) is 307 Å². The molecule has 0 saturated carbocycles. The molecule has 0 amide bonds. The van der Waals surface area contributed by atoms with Crippen LogP contribution in [0.4, 0.5) is 0 Å². The number of methoxy groups -OCH3 is 2. The number of aliphatic carboxylic acids is 1. The van der Waals surface area contributed by atoms with Gasteiger partial charge in [0.15, 0.2) is 24.8 Å². The number of ether oxygens (including phenoxy) is 5. The van der Waals surface area contributed by atoms with Crippen molar-refractivity contribution in [1.29, 1.82) is 0 Å². The van der Waals surface area contributed by atoms with Crippen LogP contribution in [0.5, 0.6) is 0 Å². The van der Waals surface area contributed by atoms with Crippen LogP contribution in [0.25, 0.3) is 0 Å². The summed E-state index contributed by atoms with van der Waals surface area (Å²) in [5, 5.41) is 31.4. The highest BCUT2D eigenvalue weighted by Crippen LogP contribution is 2.32. The Morgan fingerprint density at radius 3 is 1.90 bits per heavy atom. The molecule has 21 nitrogen and oxygen atoms in total. The molecule has 0 bridgehead atoms. The third kappa shape index (κ3) is 10.6. The number of aliphatic hydroxyl groups excluding tert-OH is 2. The summed E-state index contributed by atoms with van der Waals surface area (Å²) < 4.78 is 131. The Hall–Kier alpha value is -0.983. The van der Waals surface area contributed by atoms with Crippen LogP contribution >= 0.6 is 0 Å². The lowest BCUT2D eigenvalue weighted by Gasteiger charge is -2.47. The van der Waals surface area contributed by atoms with Crippen molar-refractivity contribution in [3.63, 3.8) is 0 Å². The first-order chi connectivity index (χ1) is 19.0. The highest BCUT2D eigenvalue weighted by molar-refractivity contribution is 7.85. The Balaban J connectivity index is 2.55. The van der Waals surface area contributed by atoms with E-state index in [2.05, 4.69) is 8.37 Å². The number of rotatable bonds is 14. The van der Waals surface area contributed by atoms with Gasteiger partial charge in [0.25, 0.3) is 0 Å². The lowest BCUT2D eigenvalue weighted by molar-refractivity contribution is -0.339. The van der Waals surface area contributed by atoms with Gasteiger partial charge < -0.3 is 42.9 Å². The molecule has 0 aliphatic carbocycles. The fraction of sp³-hybridized carbons (Fsp3) is 0.941. The van der Waals surface area contributed by atoms with Crippen LogP contribution < -0.4 is 4.72 Å². The minimum absolute atomic E-state index is 0.935. The molecule has 0 radical (unpaired) electrons. The fourth-order valence-electron chi connectivity index (χ4n) is 4.02. The Labute approximate surface area is 242 Å². The third-order valence-corrected chi connectivity index (χ3v) is 9.82. The molecule has 5 unspecified atom stereocenters. The second-order valence-corrected chi connectivity index (χ2v) is 18.0. The molecule has 42 heavy (non-hydrogen) atoms. The van der Waals surface area contributed by atoms with Gasteiger partial charge in [-0.2, -0.15) is 30.0 Å². The van der Waals surface area contributed by atoms with E-state index in [1.54, 1.807) is 0 Å². The van der Waals surface area contributed by atoms with Gasteiger partial charge in [-0.25, -0.2) is 13.2 Å². The SMILES string of the molecule is COC1[C@H](O)C(OS(=O)(=O)O)C(OC2[C@H](O)C(NS(=O)(=O)O[Si](C)(C)C)[C@@H](OC)O[C@@H]2COS(=O)(=O)O)O[C@@H]1C(=O)O. The summed E-state index contributed by atoms with van der Waals surface area (Å²) in [7, 11) is -16.0. The molecule has 25 heteroatoms. The van der Waals surface area contributed by atoms with Crippen molar-refractivity contribution in [2.45, 2.75) is 81.0 Å². The molecule has 2 saturated heterocycles. The van der Waals surface area contributed by atoms with Crippen molar-refractivity contribution in [1.82, 2.24) is 4.72 Å². The summed E-state index contributed by atoms with van der Waals surface area (Å²) in [5.74, 6) is -1.75. The molecular weight excluding hydrogens is 662 g/mol. The van der Waals surface area contributed by atoms with Gasteiger partial charge in [-0.1, -0.05) is 0 Å². The van der Waals surface area contributed by atoms with E-state index in [1.807, 2.05) is 4.72 Å². The van der Waals surface area contributed by atoms with Gasteiger partial charge in [-0.05, 0) is 19.6 Å². The number of carboxylic acid groups (broad SMARTS) is 1. The average Bonchev–Trinajstić information content (AvgIpc) is 2.79. The molecule has 248 valence electrons. The standard InChI is InChI=1S/C17H33NO20S3Si/c1-31-12-10(20)13(37-41(28,29)30)17(36-14(12)15(21)22)35-11-7(6-33-40(25,26)27)34-16(32-2)8(9(11)19)18-39(23,24)38-42(3,4)5/h7-14,16-20H,6H2,1-5H3,(H,21,22)(H,25,26,27)(H,28,29,30)/t7-,8?,9-,10+,11?,12?,13?,14+,16+,17?/m1/s1. The molecule has 0 aromatic heterocycles. The number of aliphatic hydroxyl groups is 2. The summed E-state index contributed by atoms with van der Waals surface area (Å²) in [4.78, 5) is 11.8. The predicted molar refractivity (Wildman–Crippen MR) is 134 cm³/mol. The van der Waals surface area contributed by atoms with E-state index in [1.165, 1.54) is 19.6 Å². The minimum atomic E-state index is -5.40. The maximum atomic E-state index is 12.6. The lowest BCUT2D eigenvalue weighted by atomic mass is 9.96. The lowest BCUT2D eigenvalue weighted by Crippen LogP contribution is -2.68. The first-order valence-corrected chi connectivity index (χ1v) is 19.1. The number of hydrogen-bond donors (Lipinski definition) is 6. The van der Waals surface area contributed by atoms with Crippen molar-refractivity contribution >= 4 is 45.4 Å². The molecule has 10 atom stereocenters. The number of carboxylic acids is 1. The molecule has 2 aliphatic heterocycles. The van der Waals surface area contributed by atoms with Crippen molar-refractivity contribution in [3.8, 4) is 0 Å². The van der Waals surface area contributed by atoms with Crippen molar-refractivity contribution < 1.29 is 90.4 Å². The summed E-state index contributed by atoms with van der Waals surface area (Å²) in [6, 6.07) is -1.81.